The molecule has 1 unspecified atom stereocenters. The molecule has 2 rings (SSSR count). The van der Waals surface area contributed by atoms with Crippen LogP contribution < -0.4 is 10.5 Å². The molecular weight excluding hydrogens is 258 g/mol. The predicted molar refractivity (Wildman–Crippen MR) is 81.3 cm³/mol. The number of nitrogens with two attached hydrogens (primary N) is 1. The normalized spacial score (nSPS) is 19.1. The lowest BCUT2D eigenvalue weighted by atomic mass is 9.81. The quantitative estimate of drug-likeness (QED) is 0.908. The van der Waals surface area contributed by atoms with Crippen molar-refractivity contribution in [2.75, 3.05) is 7.11 Å². The molecule has 1 aliphatic rings. The first-order valence-electron chi connectivity index (χ1n) is 6.86. The van der Waals surface area contributed by atoms with E-state index in [1.807, 2.05) is 6.07 Å². The van der Waals surface area contributed by atoms with E-state index in [0.717, 1.165) is 18.6 Å². The van der Waals surface area contributed by atoms with Gasteiger partial charge in [0.05, 0.1) is 12.1 Å². The molecule has 0 aromatic heterocycles. The lowest BCUT2D eigenvalue weighted by molar-refractivity contribution is 0.397. The lowest BCUT2D eigenvalue weighted by Gasteiger charge is -2.27. The Kier molecular flexibility index (Phi) is 3.61. The Morgan fingerprint density at radius 3 is 2.26 bits per heavy atom. The number of ether oxygens (including phenoxy) is 1. The fourth-order valence-electron chi connectivity index (χ4n) is 2.71. The molecule has 2 nitrogen and oxygen atoms in total. The van der Waals surface area contributed by atoms with Crippen molar-refractivity contribution in [3.05, 3.63) is 28.3 Å². The summed E-state index contributed by atoms with van der Waals surface area (Å²) in [5.41, 5.74) is 8.74. The van der Waals surface area contributed by atoms with E-state index < -0.39 is 0 Å². The first-order chi connectivity index (χ1) is 8.72. The summed E-state index contributed by atoms with van der Waals surface area (Å²) in [6, 6.07) is 4.37. The van der Waals surface area contributed by atoms with E-state index in [2.05, 4.69) is 33.8 Å². The Morgan fingerprint density at radius 2 is 1.89 bits per heavy atom. The zero-order chi connectivity index (χ0) is 14.4. The largest absolute Gasteiger partial charge is 0.495 e. The summed E-state index contributed by atoms with van der Waals surface area (Å²) < 4.78 is 5.53. The van der Waals surface area contributed by atoms with Gasteiger partial charge in [0.25, 0.3) is 0 Å². The van der Waals surface area contributed by atoms with Gasteiger partial charge in [-0.2, -0.15) is 0 Å². The van der Waals surface area contributed by atoms with Gasteiger partial charge in [-0.25, -0.2) is 0 Å². The van der Waals surface area contributed by atoms with Gasteiger partial charge < -0.3 is 10.5 Å². The van der Waals surface area contributed by atoms with Crippen LogP contribution in [0, 0.1) is 0 Å². The van der Waals surface area contributed by atoms with Crippen LogP contribution in [0.25, 0.3) is 0 Å². The molecule has 0 saturated heterocycles. The van der Waals surface area contributed by atoms with Gasteiger partial charge in [-0.1, -0.05) is 38.4 Å². The Labute approximate surface area is 121 Å². The molecule has 0 amide bonds. The van der Waals surface area contributed by atoms with Crippen LogP contribution in [0.3, 0.4) is 0 Å². The van der Waals surface area contributed by atoms with E-state index in [4.69, 9.17) is 22.1 Å². The molecular formula is C16H24ClNO. The zero-order valence-electron chi connectivity index (χ0n) is 12.5. The Hall–Kier alpha value is -0.730. The first-order valence-corrected chi connectivity index (χ1v) is 7.24. The molecule has 1 aromatic carbocycles. The van der Waals surface area contributed by atoms with Gasteiger partial charge in [0, 0.05) is 17.0 Å². The predicted octanol–water partition coefficient (Wildman–Crippen LogP) is 4.02. The summed E-state index contributed by atoms with van der Waals surface area (Å²) in [5, 5.41) is 0.692. The number of methoxy groups -OCH3 is 1. The highest BCUT2D eigenvalue weighted by Crippen LogP contribution is 2.55. The number of hydrogen-bond donors (Lipinski definition) is 1. The Balaban J connectivity index is 2.61. The average Bonchev–Trinajstić information content (AvgIpc) is 3.07. The van der Waals surface area contributed by atoms with E-state index in [1.54, 1.807) is 7.11 Å². The topological polar surface area (TPSA) is 35.2 Å². The summed E-state index contributed by atoms with van der Waals surface area (Å²) >= 11 is 6.41. The molecule has 1 aliphatic carbocycles. The van der Waals surface area contributed by atoms with E-state index in [-0.39, 0.29) is 16.9 Å². The van der Waals surface area contributed by atoms with Crippen LogP contribution in [-0.4, -0.2) is 13.2 Å². The standard InChI is InChI=1S/C16H24ClNO/c1-10(18)16(6-7-16)12-8-11(15(2,3)4)9-13(17)14(12)19-5/h8-10H,6-7,18H2,1-5H3. The van der Waals surface area contributed by atoms with Crippen LogP contribution in [0.1, 0.15) is 51.7 Å². The fourth-order valence-corrected chi connectivity index (χ4v) is 3.00. The minimum atomic E-state index is 0.0518. The molecule has 19 heavy (non-hydrogen) atoms. The summed E-state index contributed by atoms with van der Waals surface area (Å²) in [6.45, 7) is 8.66. The minimum Gasteiger partial charge on any atom is -0.495 e. The number of hydrogen-bond acceptors (Lipinski definition) is 2. The summed E-state index contributed by atoms with van der Waals surface area (Å²) in [7, 11) is 1.68. The van der Waals surface area contributed by atoms with Crippen LogP contribution >= 0.6 is 11.6 Å². The Morgan fingerprint density at radius 1 is 1.32 bits per heavy atom. The van der Waals surface area contributed by atoms with Crippen molar-refractivity contribution >= 4 is 11.6 Å². The van der Waals surface area contributed by atoms with Gasteiger partial charge in [-0.15, -0.1) is 0 Å². The fraction of sp³-hybridized carbons (Fsp3) is 0.625. The molecule has 0 radical (unpaired) electrons. The van der Waals surface area contributed by atoms with Crippen LogP contribution in [0.15, 0.2) is 12.1 Å². The first kappa shape index (κ1) is 14.7. The van der Waals surface area contributed by atoms with Crippen molar-refractivity contribution in [3.63, 3.8) is 0 Å². The number of benzene rings is 1. The number of halogens is 1. The maximum absolute atomic E-state index is 6.41. The van der Waals surface area contributed by atoms with Crippen LogP contribution in [-0.2, 0) is 10.8 Å². The lowest BCUT2D eigenvalue weighted by Crippen LogP contribution is -2.32. The van der Waals surface area contributed by atoms with Gasteiger partial charge in [0.1, 0.15) is 5.75 Å². The molecule has 2 N–H and O–H groups in total. The highest BCUT2D eigenvalue weighted by atomic mass is 35.5. The summed E-state index contributed by atoms with van der Waals surface area (Å²) in [4.78, 5) is 0. The second-order valence-electron chi connectivity index (χ2n) is 6.73. The van der Waals surface area contributed by atoms with Crippen molar-refractivity contribution in [2.24, 2.45) is 5.73 Å². The highest BCUT2D eigenvalue weighted by molar-refractivity contribution is 6.32. The molecule has 1 aromatic rings. The SMILES string of the molecule is COc1c(Cl)cc(C(C)(C)C)cc1C1(C(C)N)CC1. The van der Waals surface area contributed by atoms with Crippen molar-refractivity contribution in [1.82, 2.24) is 0 Å². The Bertz CT molecular complexity index is 484. The van der Waals surface area contributed by atoms with E-state index >= 15 is 0 Å². The van der Waals surface area contributed by atoms with Gasteiger partial charge in [0.2, 0.25) is 0 Å². The third-order valence-corrected chi connectivity index (χ3v) is 4.59. The monoisotopic (exact) mass is 281 g/mol. The van der Waals surface area contributed by atoms with E-state index in [0.29, 0.717) is 5.02 Å². The molecule has 0 heterocycles. The third kappa shape index (κ3) is 2.48. The second kappa shape index (κ2) is 4.68. The average molecular weight is 282 g/mol. The zero-order valence-corrected chi connectivity index (χ0v) is 13.3. The van der Waals surface area contributed by atoms with Crippen LogP contribution in [0.5, 0.6) is 5.75 Å². The van der Waals surface area contributed by atoms with Crippen LogP contribution in [0.4, 0.5) is 0 Å². The molecule has 3 heteroatoms. The smallest absolute Gasteiger partial charge is 0.141 e. The number of rotatable bonds is 3. The molecule has 0 spiro atoms. The van der Waals surface area contributed by atoms with E-state index in [9.17, 15) is 0 Å². The van der Waals surface area contributed by atoms with Crippen molar-refractivity contribution < 1.29 is 4.74 Å². The molecule has 1 atom stereocenters. The molecule has 0 bridgehead atoms. The van der Waals surface area contributed by atoms with Crippen molar-refractivity contribution in [3.8, 4) is 5.75 Å². The molecule has 1 fully saturated rings. The molecule has 106 valence electrons. The van der Waals surface area contributed by atoms with Gasteiger partial charge in [-0.3, -0.25) is 0 Å². The molecule has 0 aliphatic heterocycles. The third-order valence-electron chi connectivity index (χ3n) is 4.31. The second-order valence-corrected chi connectivity index (χ2v) is 7.14. The van der Waals surface area contributed by atoms with Gasteiger partial charge >= 0.3 is 0 Å². The molecule has 1 saturated carbocycles. The maximum Gasteiger partial charge on any atom is 0.141 e. The van der Waals surface area contributed by atoms with Gasteiger partial charge in [-0.05, 0) is 36.8 Å². The van der Waals surface area contributed by atoms with Crippen LogP contribution in [0.2, 0.25) is 5.02 Å². The van der Waals surface area contributed by atoms with E-state index in [1.165, 1.54) is 11.1 Å². The van der Waals surface area contributed by atoms with Crippen molar-refractivity contribution in [1.29, 1.82) is 0 Å². The summed E-state index contributed by atoms with van der Waals surface area (Å²) in [5.74, 6) is 0.796. The van der Waals surface area contributed by atoms with Gasteiger partial charge in [0.15, 0.2) is 0 Å². The van der Waals surface area contributed by atoms with Crippen molar-refractivity contribution in [2.45, 2.75) is 57.4 Å². The minimum absolute atomic E-state index is 0.0518. The maximum atomic E-state index is 6.41. The highest BCUT2D eigenvalue weighted by Gasteiger charge is 2.49. The summed E-state index contributed by atoms with van der Waals surface area (Å²) in [6.07, 6.45) is 2.23.